The van der Waals surface area contributed by atoms with Crippen LogP contribution in [0.4, 0.5) is 17.1 Å². The van der Waals surface area contributed by atoms with Crippen molar-refractivity contribution in [1.29, 1.82) is 0 Å². The molecule has 6 aliphatic rings. The smallest absolute Gasteiger partial charge is 0.399 e. The predicted octanol–water partition coefficient (Wildman–Crippen LogP) is 30.7. The number of anilines is 3. The summed E-state index contributed by atoms with van der Waals surface area (Å²) in [4.78, 5) is 2.28. The Hall–Kier alpha value is -5.67. The molecule has 2 heterocycles. The van der Waals surface area contributed by atoms with E-state index in [1.165, 1.54) is 183 Å². The highest BCUT2D eigenvalue weighted by Crippen LogP contribution is 2.59. The minimum atomic E-state index is -0.358. The summed E-state index contributed by atoms with van der Waals surface area (Å²) >= 11 is 22.0. The van der Waals surface area contributed by atoms with Crippen LogP contribution < -0.4 is 15.8 Å². The monoisotopic (exact) mass is 1940 g/mol. The molecular weight excluding hydrogens is 1830 g/mol. The second-order valence-electron chi connectivity index (χ2n) is 35.2. The van der Waals surface area contributed by atoms with E-state index in [-0.39, 0.29) is 47.5 Å². The molecular formula is C104H117B2Br6NO4. The minimum absolute atomic E-state index is 0.0875. The maximum Gasteiger partial charge on any atom is 0.495 e. The molecule has 2 aliphatic heterocycles. The maximum atomic E-state index is 6.56. The third-order valence-electron chi connectivity index (χ3n) is 26.5. The fourth-order valence-electron chi connectivity index (χ4n) is 18.0. The van der Waals surface area contributed by atoms with E-state index in [0.29, 0.717) is 5.92 Å². The topological polar surface area (TPSA) is 40.2 Å². The van der Waals surface area contributed by atoms with Crippen LogP contribution >= 0.6 is 95.6 Å². The molecule has 0 radical (unpaired) electrons. The number of hydrogen-bond donors (Lipinski definition) is 0. The van der Waals surface area contributed by atoms with Gasteiger partial charge in [-0.15, -0.1) is 13.2 Å². The summed E-state index contributed by atoms with van der Waals surface area (Å²) < 4.78 is 33.0. The zero-order chi connectivity index (χ0) is 83.2. The lowest BCUT2D eigenvalue weighted by Crippen LogP contribution is -2.43. The standard InChI is InChI=1S/C30H52B2O4.C29H20Br2.C23H24Br2.C22H21Br2N/c1-11-13-15-17-19-23-21-26(32-35-29(7,8)30(9,10)36-32)24(20-18-16-14-12-2)22-25(23)31-33-27(3,4)28(5,6)34-31;30-23-9-11-25-26-12-10-24(31)16-28(26)29(27(25)15-23,21-7-5-17-1-3-19(17)13-21)22-8-6-18-2-4-20(18)14-22;1-3-5-7-13-23(14-8-6-4-2)21-15-17(24)9-11-19(21)20-12-10-18(25)16-22(20)23;1-3-16(2)17-4-10-20(11-5-17)25(21-12-6-18(23)7-13-21)22-14-8-19(24)9-15-22/h21-22H,11-20H2,1-10H3;5-16H,1-4H2;3-4,9-12,15-16H,1-2,5-8,13-14H2;4-16H,3H2,1-2H3. The lowest BCUT2D eigenvalue weighted by atomic mass is 9.65. The molecule has 16 rings (SSSR count). The van der Waals surface area contributed by atoms with E-state index in [1.807, 2.05) is 12.2 Å². The molecule has 0 saturated carbocycles. The number of nitrogens with zero attached hydrogens (tertiary/aromatic N) is 1. The molecule has 117 heavy (non-hydrogen) atoms. The number of benzene rings is 10. The molecule has 10 aromatic carbocycles. The van der Waals surface area contributed by atoms with Gasteiger partial charge in [0.15, 0.2) is 0 Å². The first-order chi connectivity index (χ1) is 56.1. The zero-order valence-corrected chi connectivity index (χ0v) is 80.5. The van der Waals surface area contributed by atoms with Crippen molar-refractivity contribution in [3.8, 4) is 22.3 Å². The molecule has 2 saturated heterocycles. The van der Waals surface area contributed by atoms with Crippen molar-refractivity contribution in [2.24, 2.45) is 0 Å². The summed E-state index contributed by atoms with van der Waals surface area (Å²) in [5.41, 5.74) is 28.2. The summed E-state index contributed by atoms with van der Waals surface area (Å²) in [6.07, 6.45) is 28.7. The largest absolute Gasteiger partial charge is 0.495 e. The zero-order valence-electron chi connectivity index (χ0n) is 71.0. The Balaban J connectivity index is 0.000000137. The fourth-order valence-corrected chi connectivity index (χ4v) is 19.9. The molecule has 2 fully saturated rings. The van der Waals surface area contributed by atoms with Crippen LogP contribution in [0.5, 0.6) is 0 Å². The molecule has 5 nitrogen and oxygen atoms in total. The molecule has 4 aliphatic carbocycles. The number of allylic oxidation sites excluding steroid dienone is 2. The van der Waals surface area contributed by atoms with Gasteiger partial charge in [0.05, 0.1) is 27.8 Å². The lowest BCUT2D eigenvalue weighted by molar-refractivity contribution is 0.00578. The van der Waals surface area contributed by atoms with Gasteiger partial charge in [-0.25, -0.2) is 0 Å². The lowest BCUT2D eigenvalue weighted by Gasteiger charge is -2.36. The van der Waals surface area contributed by atoms with Gasteiger partial charge in [-0.2, -0.15) is 0 Å². The van der Waals surface area contributed by atoms with Gasteiger partial charge in [0, 0.05) is 49.3 Å². The highest BCUT2D eigenvalue weighted by Gasteiger charge is 2.55. The van der Waals surface area contributed by atoms with Crippen molar-refractivity contribution < 1.29 is 18.6 Å². The Morgan fingerprint density at radius 1 is 0.376 bits per heavy atom. The molecule has 0 N–H and O–H groups in total. The van der Waals surface area contributed by atoms with Crippen LogP contribution in [-0.2, 0) is 68.0 Å². The quantitative estimate of drug-likeness (QED) is 0.0291. The molecule has 0 bridgehead atoms. The van der Waals surface area contributed by atoms with Crippen LogP contribution in [0.2, 0.25) is 0 Å². The molecule has 0 aromatic heterocycles. The second-order valence-corrected chi connectivity index (χ2v) is 40.7. The van der Waals surface area contributed by atoms with Gasteiger partial charge in [-0.1, -0.05) is 259 Å². The van der Waals surface area contributed by atoms with E-state index in [0.717, 1.165) is 102 Å². The van der Waals surface area contributed by atoms with Crippen LogP contribution in [0, 0.1) is 0 Å². The number of halogens is 6. The molecule has 610 valence electrons. The number of unbranched alkanes of at least 4 members (excludes halogenated alkanes) is 8. The van der Waals surface area contributed by atoms with Gasteiger partial charge >= 0.3 is 14.2 Å². The highest BCUT2D eigenvalue weighted by atomic mass is 79.9. The van der Waals surface area contributed by atoms with Gasteiger partial charge in [0.2, 0.25) is 0 Å². The van der Waals surface area contributed by atoms with Crippen molar-refractivity contribution in [2.45, 2.75) is 257 Å². The normalized spacial score (nSPS) is 16.7. The molecule has 1 atom stereocenters. The van der Waals surface area contributed by atoms with Gasteiger partial charge in [-0.3, -0.25) is 0 Å². The maximum absolute atomic E-state index is 6.56. The van der Waals surface area contributed by atoms with Crippen molar-refractivity contribution in [3.63, 3.8) is 0 Å². The first-order valence-corrected chi connectivity index (χ1v) is 47.8. The van der Waals surface area contributed by atoms with Crippen molar-refractivity contribution in [1.82, 2.24) is 0 Å². The van der Waals surface area contributed by atoms with Crippen LogP contribution in [0.3, 0.4) is 0 Å². The number of hydrogen-bond acceptors (Lipinski definition) is 5. The first kappa shape index (κ1) is 89.1. The van der Waals surface area contributed by atoms with Crippen molar-refractivity contribution >= 4 is 138 Å². The third-order valence-corrected chi connectivity index (χ3v) is 29.5. The average Bonchev–Trinajstić information content (AvgIpc) is 1.55. The second kappa shape index (κ2) is 38.4. The minimum Gasteiger partial charge on any atom is -0.399 e. The van der Waals surface area contributed by atoms with Crippen molar-refractivity contribution in [3.05, 3.63) is 319 Å². The Morgan fingerprint density at radius 3 is 1.03 bits per heavy atom. The van der Waals surface area contributed by atoms with Gasteiger partial charge in [-0.05, 0) is 372 Å². The molecule has 0 spiro atoms. The molecule has 0 amide bonds. The summed E-state index contributed by atoms with van der Waals surface area (Å²) in [6.45, 7) is 34.0. The van der Waals surface area contributed by atoms with Gasteiger partial charge < -0.3 is 23.5 Å². The molecule has 13 heteroatoms. The van der Waals surface area contributed by atoms with Crippen molar-refractivity contribution in [2.75, 3.05) is 4.90 Å². The predicted molar refractivity (Wildman–Crippen MR) is 519 cm³/mol. The summed E-state index contributed by atoms with van der Waals surface area (Å²) in [5, 5.41) is 0. The van der Waals surface area contributed by atoms with E-state index in [4.69, 9.17) is 18.6 Å². The Morgan fingerprint density at radius 2 is 0.709 bits per heavy atom. The van der Waals surface area contributed by atoms with E-state index in [1.54, 1.807) is 0 Å². The molecule has 1 unspecified atom stereocenters. The SMILES string of the molecule is Brc1ccc2c(c1)C(c1ccc3c(c1)CC3)(c1ccc3c(c1)CC3)c1cc(Br)ccc1-2.C=CCCCC1(CCCC=C)c2cc(Br)ccc2-c2ccc(Br)cc21.CCC(C)c1ccc(N(c2ccc(Br)cc2)c2ccc(Br)cc2)cc1.CCCCCCc1cc(B2OC(C)(C)C(C)(C)O2)c(CCCCCC)cc1B1OC(C)(C)C(C)(C)O1. The first-order valence-electron chi connectivity index (χ1n) is 43.0. The summed E-state index contributed by atoms with van der Waals surface area (Å²) in [5.74, 6) is 0.586. The van der Waals surface area contributed by atoms with Crippen LogP contribution in [0.25, 0.3) is 22.3 Å². The Kier molecular flexibility index (Phi) is 29.2. The van der Waals surface area contributed by atoms with Crippen LogP contribution in [-0.4, -0.2) is 36.6 Å². The van der Waals surface area contributed by atoms with E-state index >= 15 is 0 Å². The number of fused-ring (bicyclic) bond motifs is 8. The Bertz CT molecular complexity index is 4840. The van der Waals surface area contributed by atoms with E-state index in [2.05, 4.69) is 391 Å². The third kappa shape index (κ3) is 19.1. The van der Waals surface area contributed by atoms with Crippen LogP contribution in [0.15, 0.2) is 246 Å². The van der Waals surface area contributed by atoms with E-state index in [9.17, 15) is 0 Å². The van der Waals surface area contributed by atoms with Gasteiger partial charge in [0.25, 0.3) is 0 Å². The highest BCUT2D eigenvalue weighted by molar-refractivity contribution is 9.11. The number of rotatable bonds is 27. The van der Waals surface area contributed by atoms with Crippen LogP contribution in [0.1, 0.15) is 258 Å². The van der Waals surface area contributed by atoms with E-state index < -0.39 is 0 Å². The molecule has 10 aromatic rings. The summed E-state index contributed by atoms with van der Waals surface area (Å²) in [7, 11) is -0.698. The Labute approximate surface area is 752 Å². The number of aryl methyl sites for hydroxylation is 6. The average molecular weight is 1950 g/mol. The summed E-state index contributed by atoms with van der Waals surface area (Å²) in [6, 6.07) is 72.1. The van der Waals surface area contributed by atoms with Gasteiger partial charge in [0.1, 0.15) is 0 Å². The fraction of sp³-hybridized carbons (Fsp3) is 0.385.